The van der Waals surface area contributed by atoms with Gasteiger partial charge in [-0.15, -0.1) is 0 Å². The molecule has 0 unspecified atom stereocenters. The van der Waals surface area contributed by atoms with Crippen LogP contribution in [0.25, 0.3) is 0 Å². The van der Waals surface area contributed by atoms with Gasteiger partial charge in [-0.1, -0.05) is 0 Å². The van der Waals surface area contributed by atoms with Crippen LogP contribution in [0.2, 0.25) is 0 Å². The van der Waals surface area contributed by atoms with Crippen molar-refractivity contribution in [2.24, 2.45) is 0 Å². The first-order valence-electron chi connectivity index (χ1n) is 0. The molecule has 0 amide bonds. The molecular formula is Co2MnO3. The zero-order chi connectivity index (χ0) is 0. The zero-order valence-electron chi connectivity index (χ0n) is 2.27. The molecule has 0 heterocycles. The van der Waals surface area contributed by atoms with Crippen molar-refractivity contribution in [3.8, 4) is 0 Å². The minimum atomic E-state index is 0. The molecule has 0 aliphatic rings. The van der Waals surface area contributed by atoms with Gasteiger partial charge >= 0.3 is 50.6 Å². The van der Waals surface area contributed by atoms with Crippen LogP contribution in [0.4, 0.5) is 0 Å². The zero-order valence-corrected chi connectivity index (χ0v) is 5.53. The SMILES string of the molecule is [Co+2].[Co+2].[Mn+2].[O-2].[O-2].[O-2]. The molecule has 6 heavy (non-hydrogen) atoms. The second-order valence-corrected chi connectivity index (χ2v) is 0. The van der Waals surface area contributed by atoms with Crippen LogP contribution in [0.1, 0.15) is 0 Å². The molecule has 0 N–H and O–H groups in total. The molecule has 0 bridgehead atoms. The monoisotopic (exact) mass is 221 g/mol. The Kier molecular flexibility index (Phi) is 2400. The number of hydrogen-bond donors (Lipinski definition) is 0. The third-order valence-electron chi connectivity index (χ3n) is 0. The van der Waals surface area contributed by atoms with E-state index in [-0.39, 0.29) is 67.1 Å². The molecule has 0 aromatic heterocycles. The Balaban J connectivity index is 0. The average Bonchev–Trinajstić information content (AvgIpc) is 0. The van der Waals surface area contributed by atoms with Gasteiger partial charge in [0.15, 0.2) is 0 Å². The molecule has 3 radical (unpaired) electrons. The fraction of sp³-hybridized carbons (Fsp3) is 0. The van der Waals surface area contributed by atoms with E-state index in [0.717, 1.165) is 0 Å². The summed E-state index contributed by atoms with van der Waals surface area (Å²) in [6.07, 6.45) is 0. The van der Waals surface area contributed by atoms with Crippen molar-refractivity contribution in [2.75, 3.05) is 0 Å². The van der Waals surface area contributed by atoms with Crippen LogP contribution >= 0.6 is 0 Å². The van der Waals surface area contributed by atoms with Crippen LogP contribution in [-0.2, 0) is 67.1 Å². The maximum absolute atomic E-state index is 0. The molecule has 0 aromatic carbocycles. The summed E-state index contributed by atoms with van der Waals surface area (Å²) < 4.78 is 0. The van der Waals surface area contributed by atoms with E-state index in [4.69, 9.17) is 0 Å². The van der Waals surface area contributed by atoms with E-state index < -0.39 is 0 Å². The van der Waals surface area contributed by atoms with Gasteiger partial charge in [0.05, 0.1) is 0 Å². The van der Waals surface area contributed by atoms with Crippen molar-refractivity contribution in [3.63, 3.8) is 0 Å². The smallest absolute Gasteiger partial charge is 2.00 e. The Hall–Kier alpha value is 1.41. The van der Waals surface area contributed by atoms with Crippen molar-refractivity contribution in [2.45, 2.75) is 0 Å². The van der Waals surface area contributed by atoms with Gasteiger partial charge in [-0.05, 0) is 0 Å². The molecule has 0 atom stereocenters. The van der Waals surface area contributed by atoms with E-state index in [0.29, 0.717) is 0 Å². The third-order valence-corrected chi connectivity index (χ3v) is 0. The van der Waals surface area contributed by atoms with Crippen molar-refractivity contribution < 1.29 is 67.1 Å². The predicted molar refractivity (Wildman–Crippen MR) is 2.06 cm³/mol. The predicted octanol–water partition coefficient (Wildman–Crippen LogP) is -0.364. The molecular weight excluding hydrogens is 221 g/mol. The Bertz CT molecular complexity index is 8.75. The molecule has 0 aliphatic carbocycles. The van der Waals surface area contributed by atoms with Crippen LogP contribution in [0.5, 0.6) is 0 Å². The van der Waals surface area contributed by atoms with Gasteiger partial charge < -0.3 is 16.4 Å². The normalized spacial score (nSPS) is 0. The van der Waals surface area contributed by atoms with Gasteiger partial charge in [0, 0.05) is 0 Å². The van der Waals surface area contributed by atoms with E-state index in [1.807, 2.05) is 0 Å². The Morgan fingerprint density at radius 3 is 0.500 bits per heavy atom. The first-order valence-corrected chi connectivity index (χ1v) is 0. The first-order chi connectivity index (χ1) is 0. The average molecular weight is 221 g/mol. The van der Waals surface area contributed by atoms with Gasteiger partial charge in [-0.25, -0.2) is 0 Å². The number of hydrogen-bond acceptors (Lipinski definition) is 0. The molecule has 0 spiro atoms. The molecule has 0 aliphatic heterocycles. The molecule has 6 heteroatoms. The van der Waals surface area contributed by atoms with Gasteiger partial charge in [0.1, 0.15) is 0 Å². The van der Waals surface area contributed by atoms with Crippen molar-refractivity contribution in [1.29, 1.82) is 0 Å². The molecule has 0 saturated heterocycles. The number of rotatable bonds is 0. The van der Waals surface area contributed by atoms with Crippen LogP contribution in [0, 0.1) is 0 Å². The minimum absolute atomic E-state index is 0. The molecule has 0 rings (SSSR count). The topological polar surface area (TPSA) is 85.5 Å². The van der Waals surface area contributed by atoms with Gasteiger partial charge in [0.25, 0.3) is 0 Å². The van der Waals surface area contributed by atoms with Crippen molar-refractivity contribution in [1.82, 2.24) is 0 Å². The molecule has 0 saturated carbocycles. The maximum Gasteiger partial charge on any atom is 2.00 e. The molecule has 43 valence electrons. The summed E-state index contributed by atoms with van der Waals surface area (Å²) in [5.74, 6) is 0. The molecule has 0 aromatic rings. The van der Waals surface area contributed by atoms with Crippen LogP contribution < -0.4 is 0 Å². The minimum Gasteiger partial charge on any atom is -2.00 e. The van der Waals surface area contributed by atoms with Crippen LogP contribution in [-0.4, -0.2) is 0 Å². The third kappa shape index (κ3) is 52.8. The van der Waals surface area contributed by atoms with E-state index in [1.165, 1.54) is 0 Å². The van der Waals surface area contributed by atoms with Crippen LogP contribution in [0.15, 0.2) is 0 Å². The molecule has 3 nitrogen and oxygen atoms in total. The van der Waals surface area contributed by atoms with Gasteiger partial charge in [0.2, 0.25) is 0 Å². The Morgan fingerprint density at radius 2 is 0.500 bits per heavy atom. The summed E-state index contributed by atoms with van der Waals surface area (Å²) >= 11 is 0. The van der Waals surface area contributed by atoms with E-state index in [2.05, 4.69) is 0 Å². The van der Waals surface area contributed by atoms with Crippen molar-refractivity contribution >= 4 is 0 Å². The summed E-state index contributed by atoms with van der Waals surface area (Å²) in [4.78, 5) is 0. The largest absolute Gasteiger partial charge is 2.00 e. The van der Waals surface area contributed by atoms with Gasteiger partial charge in [-0.2, -0.15) is 0 Å². The van der Waals surface area contributed by atoms with E-state index in [9.17, 15) is 0 Å². The summed E-state index contributed by atoms with van der Waals surface area (Å²) in [5, 5.41) is 0. The second kappa shape index (κ2) is 94.2. The Labute approximate surface area is 67.0 Å². The molecule has 0 fully saturated rings. The Morgan fingerprint density at radius 1 is 0.500 bits per heavy atom. The van der Waals surface area contributed by atoms with Crippen molar-refractivity contribution in [3.05, 3.63) is 0 Å². The summed E-state index contributed by atoms with van der Waals surface area (Å²) in [5.41, 5.74) is 0. The summed E-state index contributed by atoms with van der Waals surface area (Å²) in [6, 6.07) is 0. The van der Waals surface area contributed by atoms with E-state index in [1.54, 1.807) is 0 Å². The van der Waals surface area contributed by atoms with Crippen LogP contribution in [0.3, 0.4) is 0 Å². The summed E-state index contributed by atoms with van der Waals surface area (Å²) in [7, 11) is 0. The maximum atomic E-state index is 0. The summed E-state index contributed by atoms with van der Waals surface area (Å²) in [6.45, 7) is 0. The second-order valence-electron chi connectivity index (χ2n) is 0. The quantitative estimate of drug-likeness (QED) is 0.500. The first kappa shape index (κ1) is 153. The van der Waals surface area contributed by atoms with E-state index >= 15 is 0 Å². The fourth-order valence-corrected chi connectivity index (χ4v) is 0. The standard InChI is InChI=1S/2Co.Mn.3O/q3*+2;3*-2. The fourth-order valence-electron chi connectivity index (χ4n) is 0. The van der Waals surface area contributed by atoms with Gasteiger partial charge in [-0.3, -0.25) is 0 Å².